The van der Waals surface area contributed by atoms with Crippen molar-refractivity contribution in [2.24, 2.45) is 0 Å². The van der Waals surface area contributed by atoms with Gasteiger partial charge in [-0.05, 0) is 0 Å². The molecule has 0 unspecified atom stereocenters. The van der Waals surface area contributed by atoms with Gasteiger partial charge in [-0.3, -0.25) is 0 Å². The summed E-state index contributed by atoms with van der Waals surface area (Å²) in [5.74, 6) is 0. The van der Waals surface area contributed by atoms with Gasteiger partial charge in [0.25, 0.3) is 0 Å². The maximum atomic E-state index is 8.26. The molecule has 0 saturated carbocycles. The standard InChI is InChI=1S/C6H14O4.C2H6O2/c7-1-3-9-5-6-10-4-2-8;3-1-2-4/h7-8H,1-6H2;3-4H,1-2H2. The minimum absolute atomic E-state index is 0.0417. The number of rotatable bonds is 8. The summed E-state index contributed by atoms with van der Waals surface area (Å²) in [4.78, 5) is 0. The van der Waals surface area contributed by atoms with Crippen LogP contribution in [0.5, 0.6) is 0 Å². The smallest absolute Gasteiger partial charge is 0.0701 e. The van der Waals surface area contributed by atoms with Gasteiger partial charge >= 0.3 is 0 Å². The average molecular weight is 212 g/mol. The number of hydrogen-bond acceptors (Lipinski definition) is 6. The van der Waals surface area contributed by atoms with E-state index in [0.717, 1.165) is 0 Å². The molecule has 4 N–H and O–H groups in total. The second-order valence-corrected chi connectivity index (χ2v) is 2.12. The Balaban J connectivity index is 0. The molecule has 0 radical (unpaired) electrons. The van der Waals surface area contributed by atoms with E-state index in [-0.39, 0.29) is 26.4 Å². The SMILES string of the molecule is OCCO.OCCOCCOCCO. The molecule has 0 fully saturated rings. The molecule has 0 heterocycles. The highest BCUT2D eigenvalue weighted by molar-refractivity contribution is 4.30. The van der Waals surface area contributed by atoms with Gasteiger partial charge in [0.15, 0.2) is 0 Å². The van der Waals surface area contributed by atoms with Gasteiger partial charge in [0.05, 0.1) is 52.9 Å². The molecule has 14 heavy (non-hydrogen) atoms. The fourth-order valence-corrected chi connectivity index (χ4v) is 0.451. The predicted molar refractivity (Wildman–Crippen MR) is 50.0 cm³/mol. The van der Waals surface area contributed by atoms with Crippen molar-refractivity contribution in [1.82, 2.24) is 0 Å². The van der Waals surface area contributed by atoms with Gasteiger partial charge in [0, 0.05) is 0 Å². The molecule has 88 valence electrons. The molecule has 0 atom stereocenters. The fourth-order valence-electron chi connectivity index (χ4n) is 0.451. The summed E-state index contributed by atoms with van der Waals surface area (Å²) in [5.41, 5.74) is 0. The molecule has 0 aliphatic heterocycles. The second kappa shape index (κ2) is 18.5. The Kier molecular flexibility index (Phi) is 21.4. The van der Waals surface area contributed by atoms with E-state index in [0.29, 0.717) is 26.4 Å². The van der Waals surface area contributed by atoms with Crippen molar-refractivity contribution in [3.63, 3.8) is 0 Å². The first-order valence-corrected chi connectivity index (χ1v) is 4.42. The molecule has 0 saturated heterocycles. The van der Waals surface area contributed by atoms with E-state index in [2.05, 4.69) is 0 Å². The van der Waals surface area contributed by atoms with E-state index >= 15 is 0 Å². The first kappa shape index (κ1) is 16.2. The largest absolute Gasteiger partial charge is 0.394 e. The zero-order chi connectivity index (χ0) is 11.1. The maximum Gasteiger partial charge on any atom is 0.0701 e. The van der Waals surface area contributed by atoms with Crippen LogP contribution in [0.15, 0.2) is 0 Å². The van der Waals surface area contributed by atoms with Crippen molar-refractivity contribution in [3.8, 4) is 0 Å². The predicted octanol–water partition coefficient (Wildman–Crippen LogP) is -2.02. The minimum atomic E-state index is -0.125. The molecule has 0 bridgehead atoms. The zero-order valence-electron chi connectivity index (χ0n) is 8.26. The quantitative estimate of drug-likeness (QED) is 0.346. The Bertz CT molecular complexity index is 70.2. The van der Waals surface area contributed by atoms with Crippen molar-refractivity contribution >= 4 is 0 Å². The summed E-state index contributed by atoms with van der Waals surface area (Å²) in [7, 11) is 0. The van der Waals surface area contributed by atoms with Crippen LogP contribution in [0.2, 0.25) is 0 Å². The third-order valence-electron chi connectivity index (χ3n) is 0.943. The maximum absolute atomic E-state index is 8.26. The Morgan fingerprint density at radius 2 is 0.857 bits per heavy atom. The summed E-state index contributed by atoms with van der Waals surface area (Å²) >= 11 is 0. The molecule has 0 aliphatic carbocycles. The molecule has 0 amide bonds. The van der Waals surface area contributed by atoms with E-state index < -0.39 is 0 Å². The highest BCUT2D eigenvalue weighted by atomic mass is 16.5. The molecular weight excluding hydrogens is 192 g/mol. The van der Waals surface area contributed by atoms with Crippen LogP contribution in [0.4, 0.5) is 0 Å². The Labute approximate surface area is 83.7 Å². The molecule has 6 heteroatoms. The van der Waals surface area contributed by atoms with Crippen LogP contribution in [0, 0.1) is 0 Å². The Hall–Kier alpha value is -0.240. The third-order valence-corrected chi connectivity index (χ3v) is 0.943. The van der Waals surface area contributed by atoms with E-state index in [1.54, 1.807) is 0 Å². The second-order valence-electron chi connectivity index (χ2n) is 2.12. The zero-order valence-corrected chi connectivity index (χ0v) is 8.26. The van der Waals surface area contributed by atoms with Crippen molar-refractivity contribution in [2.45, 2.75) is 0 Å². The van der Waals surface area contributed by atoms with Gasteiger partial charge in [-0.2, -0.15) is 0 Å². The van der Waals surface area contributed by atoms with Gasteiger partial charge in [0.1, 0.15) is 0 Å². The highest BCUT2D eigenvalue weighted by Gasteiger charge is 1.86. The first-order chi connectivity index (χ1) is 6.83. The monoisotopic (exact) mass is 212 g/mol. The van der Waals surface area contributed by atoms with Crippen LogP contribution in [0.1, 0.15) is 0 Å². The third kappa shape index (κ3) is 22.6. The summed E-state index contributed by atoms with van der Waals surface area (Å²) < 4.78 is 9.75. The number of ether oxygens (including phenoxy) is 2. The van der Waals surface area contributed by atoms with Crippen LogP contribution in [-0.2, 0) is 9.47 Å². The molecule has 0 spiro atoms. The van der Waals surface area contributed by atoms with Gasteiger partial charge in [0.2, 0.25) is 0 Å². The van der Waals surface area contributed by atoms with Gasteiger partial charge < -0.3 is 29.9 Å². The molecule has 0 aromatic heterocycles. The first-order valence-electron chi connectivity index (χ1n) is 4.42. The Morgan fingerprint density at radius 1 is 0.500 bits per heavy atom. The number of hydrogen-bond donors (Lipinski definition) is 4. The van der Waals surface area contributed by atoms with E-state index in [1.807, 2.05) is 0 Å². The van der Waals surface area contributed by atoms with Crippen molar-refractivity contribution in [2.75, 3.05) is 52.9 Å². The van der Waals surface area contributed by atoms with E-state index in [4.69, 9.17) is 29.9 Å². The fraction of sp³-hybridized carbons (Fsp3) is 1.00. The molecule has 0 aromatic carbocycles. The van der Waals surface area contributed by atoms with Gasteiger partial charge in [-0.25, -0.2) is 0 Å². The number of aliphatic hydroxyl groups excluding tert-OH is 4. The van der Waals surface area contributed by atoms with Crippen LogP contribution in [-0.4, -0.2) is 73.3 Å². The molecule has 0 rings (SSSR count). The van der Waals surface area contributed by atoms with Crippen molar-refractivity contribution in [3.05, 3.63) is 0 Å². The molecule has 6 nitrogen and oxygen atoms in total. The van der Waals surface area contributed by atoms with Crippen LogP contribution >= 0.6 is 0 Å². The lowest BCUT2D eigenvalue weighted by atomic mass is 10.7. The normalized spacial score (nSPS) is 9.43. The van der Waals surface area contributed by atoms with Crippen molar-refractivity contribution < 1.29 is 29.9 Å². The lowest BCUT2D eigenvalue weighted by Crippen LogP contribution is -2.09. The van der Waals surface area contributed by atoms with Crippen molar-refractivity contribution in [1.29, 1.82) is 0 Å². The number of aliphatic hydroxyl groups is 4. The van der Waals surface area contributed by atoms with Gasteiger partial charge in [-0.15, -0.1) is 0 Å². The topological polar surface area (TPSA) is 99.4 Å². The molecule has 0 aliphatic rings. The summed E-state index contributed by atoms with van der Waals surface area (Å²) in [6.07, 6.45) is 0. The highest BCUT2D eigenvalue weighted by Crippen LogP contribution is 1.76. The summed E-state index contributed by atoms with van der Waals surface area (Å²) in [6, 6.07) is 0. The average Bonchev–Trinajstić information content (AvgIpc) is 2.24. The van der Waals surface area contributed by atoms with E-state index in [9.17, 15) is 0 Å². The summed E-state index contributed by atoms with van der Waals surface area (Å²) in [5, 5.41) is 31.8. The molecular formula is C8H20O6. The van der Waals surface area contributed by atoms with Crippen LogP contribution < -0.4 is 0 Å². The summed E-state index contributed by atoms with van der Waals surface area (Å²) in [6.45, 7) is 1.48. The molecule has 0 aromatic rings. The van der Waals surface area contributed by atoms with Crippen LogP contribution in [0.3, 0.4) is 0 Å². The lowest BCUT2D eigenvalue weighted by molar-refractivity contribution is 0.0222. The lowest BCUT2D eigenvalue weighted by Gasteiger charge is -2.01. The van der Waals surface area contributed by atoms with Gasteiger partial charge in [-0.1, -0.05) is 0 Å². The Morgan fingerprint density at radius 3 is 1.07 bits per heavy atom. The minimum Gasteiger partial charge on any atom is -0.394 e. The van der Waals surface area contributed by atoms with Crippen LogP contribution in [0.25, 0.3) is 0 Å². The van der Waals surface area contributed by atoms with E-state index in [1.165, 1.54) is 0 Å².